The highest BCUT2D eigenvalue weighted by Gasteiger charge is 2.37. The van der Waals surface area contributed by atoms with E-state index in [9.17, 15) is 4.39 Å². The van der Waals surface area contributed by atoms with Crippen LogP contribution in [0, 0.1) is 5.82 Å². The summed E-state index contributed by atoms with van der Waals surface area (Å²) in [5, 5.41) is 2.48. The molecule has 0 N–H and O–H groups in total. The first-order valence-electron chi connectivity index (χ1n) is 18.1. The van der Waals surface area contributed by atoms with E-state index in [1.807, 2.05) is 19.9 Å². The number of nitrogens with zero attached hydrogens (tertiary/aromatic N) is 1. The van der Waals surface area contributed by atoms with Crippen LogP contribution in [-0.2, 0) is 10.8 Å². The van der Waals surface area contributed by atoms with Crippen molar-refractivity contribution in [2.75, 3.05) is 4.90 Å². The molecule has 248 valence electrons. The SMILES string of the molecule is CC.CC1(C)c2cc(F)ccc2-c2ccc(C3=CC=C(N(c4ccc5c(c4)C(C)(C)c4ccccc4-5)c4cccc5ccccc45)CC3)cc21. The van der Waals surface area contributed by atoms with Crippen molar-refractivity contribution in [2.45, 2.75) is 65.2 Å². The highest BCUT2D eigenvalue weighted by Crippen LogP contribution is 2.52. The summed E-state index contributed by atoms with van der Waals surface area (Å²) in [5.74, 6) is -0.172. The second-order valence-corrected chi connectivity index (χ2v) is 14.7. The molecule has 0 bridgehead atoms. The molecule has 0 saturated carbocycles. The Kier molecular flexibility index (Phi) is 7.68. The van der Waals surface area contributed by atoms with Crippen molar-refractivity contribution in [3.05, 3.63) is 173 Å². The van der Waals surface area contributed by atoms with Crippen molar-refractivity contribution < 1.29 is 4.39 Å². The van der Waals surface area contributed by atoms with E-state index in [-0.39, 0.29) is 16.6 Å². The summed E-state index contributed by atoms with van der Waals surface area (Å²) in [5.41, 5.74) is 16.1. The number of anilines is 2. The lowest BCUT2D eigenvalue weighted by atomic mass is 9.81. The first kappa shape index (κ1) is 32.0. The van der Waals surface area contributed by atoms with Crippen molar-refractivity contribution >= 4 is 27.7 Å². The van der Waals surface area contributed by atoms with E-state index >= 15 is 0 Å². The number of rotatable bonds is 4. The van der Waals surface area contributed by atoms with Gasteiger partial charge in [-0.05, 0) is 116 Å². The number of allylic oxidation sites excluding steroid dienone is 4. The van der Waals surface area contributed by atoms with Gasteiger partial charge in [0.2, 0.25) is 0 Å². The third-order valence-electron chi connectivity index (χ3n) is 11.3. The fraction of sp³-hybridized carbons (Fsp3) is 0.208. The highest BCUT2D eigenvalue weighted by molar-refractivity contribution is 5.98. The lowest BCUT2D eigenvalue weighted by Gasteiger charge is -2.32. The Balaban J connectivity index is 0.00000177. The number of fused-ring (bicyclic) bond motifs is 7. The number of halogens is 1. The lowest BCUT2D eigenvalue weighted by Crippen LogP contribution is -2.20. The van der Waals surface area contributed by atoms with Crippen LogP contribution in [0.5, 0.6) is 0 Å². The second kappa shape index (κ2) is 12.0. The average Bonchev–Trinajstić information content (AvgIpc) is 3.51. The van der Waals surface area contributed by atoms with Gasteiger partial charge in [0.1, 0.15) is 5.82 Å². The van der Waals surface area contributed by atoms with Gasteiger partial charge >= 0.3 is 0 Å². The normalized spacial score (nSPS) is 15.9. The Morgan fingerprint density at radius 1 is 0.540 bits per heavy atom. The van der Waals surface area contributed by atoms with E-state index in [4.69, 9.17) is 0 Å². The van der Waals surface area contributed by atoms with E-state index in [0.29, 0.717) is 0 Å². The Hall–Kier alpha value is -5.21. The maximum Gasteiger partial charge on any atom is 0.123 e. The van der Waals surface area contributed by atoms with Gasteiger partial charge in [-0.1, -0.05) is 133 Å². The second-order valence-electron chi connectivity index (χ2n) is 14.7. The molecule has 0 aromatic heterocycles. The zero-order valence-corrected chi connectivity index (χ0v) is 29.9. The molecule has 50 heavy (non-hydrogen) atoms. The standard InChI is InChI=1S/C46H38FN.C2H6/c1-45(2)40-14-8-7-13-36(40)39-25-22-34(28-43(39)45)48(44-15-9-11-30-10-5-6-12-35(30)44)33-20-16-29(17-21-33)31-18-23-37-38-24-19-32(47)27-42(38)46(3,4)41(37)26-31;1-2/h5-16,18-20,22-28H,17,21H2,1-4H3;1-2H3. The van der Waals surface area contributed by atoms with Crippen LogP contribution in [0.15, 0.2) is 139 Å². The Bertz CT molecular complexity index is 2360. The van der Waals surface area contributed by atoms with E-state index < -0.39 is 0 Å². The van der Waals surface area contributed by atoms with Gasteiger partial charge in [-0.15, -0.1) is 0 Å². The first-order valence-corrected chi connectivity index (χ1v) is 18.1. The molecule has 2 heteroatoms. The minimum Gasteiger partial charge on any atom is -0.314 e. The summed E-state index contributed by atoms with van der Waals surface area (Å²) in [7, 11) is 0. The highest BCUT2D eigenvalue weighted by atomic mass is 19.1. The molecule has 3 aliphatic rings. The van der Waals surface area contributed by atoms with Crippen LogP contribution in [0.4, 0.5) is 15.8 Å². The van der Waals surface area contributed by atoms with Crippen molar-refractivity contribution in [1.29, 1.82) is 0 Å². The largest absolute Gasteiger partial charge is 0.314 e. The van der Waals surface area contributed by atoms with E-state index in [1.165, 1.54) is 72.4 Å². The molecular weight excluding hydrogens is 610 g/mol. The van der Waals surface area contributed by atoms with Crippen LogP contribution in [0.2, 0.25) is 0 Å². The van der Waals surface area contributed by atoms with Gasteiger partial charge < -0.3 is 4.90 Å². The summed E-state index contributed by atoms with van der Waals surface area (Å²) >= 11 is 0. The van der Waals surface area contributed by atoms with Crippen LogP contribution < -0.4 is 4.90 Å². The molecule has 0 heterocycles. The van der Waals surface area contributed by atoms with Crippen LogP contribution in [-0.4, -0.2) is 0 Å². The first-order chi connectivity index (χ1) is 24.2. The molecule has 6 aromatic carbocycles. The van der Waals surface area contributed by atoms with Crippen molar-refractivity contribution in [1.82, 2.24) is 0 Å². The van der Waals surface area contributed by atoms with E-state index in [2.05, 4.69) is 148 Å². The Morgan fingerprint density at radius 3 is 1.94 bits per heavy atom. The minimum absolute atomic E-state index is 0.0762. The fourth-order valence-corrected chi connectivity index (χ4v) is 8.66. The summed E-state index contributed by atoms with van der Waals surface area (Å²) < 4.78 is 14.3. The molecule has 0 radical (unpaired) electrons. The van der Waals surface area contributed by atoms with Gasteiger partial charge in [-0.25, -0.2) is 4.39 Å². The summed E-state index contributed by atoms with van der Waals surface area (Å²) in [6.45, 7) is 13.1. The Morgan fingerprint density at radius 2 is 1.16 bits per heavy atom. The predicted octanol–water partition coefficient (Wildman–Crippen LogP) is 13.5. The molecule has 0 unspecified atom stereocenters. The third kappa shape index (κ3) is 4.88. The molecule has 0 aliphatic heterocycles. The average molecular weight is 654 g/mol. The van der Waals surface area contributed by atoms with Gasteiger partial charge in [-0.3, -0.25) is 0 Å². The molecule has 0 atom stereocenters. The van der Waals surface area contributed by atoms with Gasteiger partial charge in [0.15, 0.2) is 0 Å². The molecule has 3 aliphatic carbocycles. The summed E-state index contributed by atoms with van der Waals surface area (Å²) in [4.78, 5) is 2.49. The van der Waals surface area contributed by atoms with Crippen LogP contribution in [0.25, 0.3) is 38.6 Å². The van der Waals surface area contributed by atoms with Crippen molar-refractivity contribution in [2.24, 2.45) is 0 Å². The fourth-order valence-electron chi connectivity index (χ4n) is 8.66. The topological polar surface area (TPSA) is 3.24 Å². The molecule has 0 saturated heterocycles. The van der Waals surface area contributed by atoms with Gasteiger partial charge in [0.05, 0.1) is 5.69 Å². The zero-order chi connectivity index (χ0) is 34.8. The molecule has 9 rings (SSSR count). The summed E-state index contributed by atoms with van der Waals surface area (Å²) in [6, 6.07) is 43.3. The molecule has 0 amide bonds. The maximum absolute atomic E-state index is 14.3. The van der Waals surface area contributed by atoms with Crippen LogP contribution in [0.1, 0.15) is 82.2 Å². The van der Waals surface area contributed by atoms with E-state index in [0.717, 1.165) is 24.0 Å². The Labute approximate surface area is 296 Å². The van der Waals surface area contributed by atoms with Crippen molar-refractivity contribution in [3.63, 3.8) is 0 Å². The zero-order valence-electron chi connectivity index (χ0n) is 29.9. The van der Waals surface area contributed by atoms with Gasteiger partial charge in [0, 0.05) is 27.6 Å². The smallest absolute Gasteiger partial charge is 0.123 e. The van der Waals surface area contributed by atoms with Gasteiger partial charge in [0.25, 0.3) is 0 Å². The molecule has 0 fully saturated rings. The van der Waals surface area contributed by atoms with Crippen LogP contribution in [0.3, 0.4) is 0 Å². The molecular formula is C48H44FN. The van der Waals surface area contributed by atoms with Crippen LogP contribution >= 0.6 is 0 Å². The summed E-state index contributed by atoms with van der Waals surface area (Å²) in [6.07, 6.45) is 6.51. The lowest BCUT2D eigenvalue weighted by molar-refractivity contribution is 0.609. The molecule has 1 nitrogen and oxygen atoms in total. The van der Waals surface area contributed by atoms with E-state index in [1.54, 1.807) is 12.1 Å². The monoisotopic (exact) mass is 653 g/mol. The molecule has 6 aromatic rings. The number of hydrogen-bond donors (Lipinski definition) is 0. The predicted molar refractivity (Wildman–Crippen MR) is 211 cm³/mol. The minimum atomic E-state index is -0.245. The third-order valence-corrected chi connectivity index (χ3v) is 11.3. The number of hydrogen-bond acceptors (Lipinski definition) is 1. The van der Waals surface area contributed by atoms with Crippen molar-refractivity contribution in [3.8, 4) is 22.3 Å². The number of benzene rings is 6. The van der Waals surface area contributed by atoms with Gasteiger partial charge in [-0.2, -0.15) is 0 Å². The maximum atomic E-state index is 14.3. The molecule has 0 spiro atoms. The quantitative estimate of drug-likeness (QED) is 0.183.